The van der Waals surface area contributed by atoms with Gasteiger partial charge in [0, 0.05) is 5.57 Å². The fraction of sp³-hybridized carbons (Fsp3) is 0.455. The number of hydrogen-bond acceptors (Lipinski definition) is 5. The number of aliphatic carboxylic acids is 1. The number of allylic oxidation sites excluding steroid dienone is 1. The molecule has 1 saturated heterocycles. The molecule has 0 radical (unpaired) electrons. The first-order valence-electron chi connectivity index (χ1n) is 5.25. The fourth-order valence-electron chi connectivity index (χ4n) is 1.87. The van der Waals surface area contributed by atoms with E-state index in [1.807, 2.05) is 20.8 Å². The number of β-lactam (4-membered cyclic amide) rings is 1. The molecule has 2 rings (SSSR count). The van der Waals surface area contributed by atoms with Crippen LogP contribution < -0.4 is 34.7 Å². The quantitative estimate of drug-likeness (QED) is 0.339. The summed E-state index contributed by atoms with van der Waals surface area (Å²) < 4.78 is 0.683. The van der Waals surface area contributed by atoms with Gasteiger partial charge in [-0.1, -0.05) is 24.3 Å². The number of rotatable bonds is 3. The van der Waals surface area contributed by atoms with Crippen LogP contribution in [0.5, 0.6) is 0 Å². The Labute approximate surface area is 137 Å². The van der Waals surface area contributed by atoms with Crippen molar-refractivity contribution >= 4 is 35.4 Å². The number of hydrogen-bond donors (Lipinski definition) is 0. The maximum atomic E-state index is 11.9. The van der Waals surface area contributed by atoms with E-state index in [-0.39, 0.29) is 46.5 Å². The monoisotopic (exact) mass is 293 g/mol. The normalized spacial score (nSPS) is 21.5. The summed E-state index contributed by atoms with van der Waals surface area (Å²) in [4.78, 5) is 24.3. The minimum atomic E-state index is -1.27. The van der Waals surface area contributed by atoms with Crippen molar-refractivity contribution in [2.24, 2.45) is 0 Å². The Morgan fingerprint density at radius 2 is 2.11 bits per heavy atom. The molecule has 0 aromatic carbocycles. The van der Waals surface area contributed by atoms with E-state index in [4.69, 9.17) is 0 Å². The van der Waals surface area contributed by atoms with Crippen LogP contribution in [0.4, 0.5) is 0 Å². The third kappa shape index (κ3) is 2.41. The number of carbonyl (C=O) groups excluding carboxylic acids is 2. The van der Waals surface area contributed by atoms with E-state index in [0.717, 1.165) is 16.9 Å². The van der Waals surface area contributed by atoms with Crippen LogP contribution in [0.25, 0.3) is 0 Å². The molecule has 18 heavy (non-hydrogen) atoms. The largest absolute Gasteiger partial charge is 1.00 e. The van der Waals surface area contributed by atoms with Gasteiger partial charge in [-0.25, -0.2) is 0 Å². The number of nitrogens with zero attached hydrogens (tertiary/aromatic N) is 1. The van der Waals surface area contributed by atoms with Crippen LogP contribution in [-0.4, -0.2) is 27.9 Å². The smallest absolute Gasteiger partial charge is 0.543 e. The van der Waals surface area contributed by atoms with Crippen LogP contribution in [0, 0.1) is 0 Å². The molecular formula is C11H12NNaO3S2. The van der Waals surface area contributed by atoms with E-state index in [9.17, 15) is 14.7 Å². The van der Waals surface area contributed by atoms with Crippen LogP contribution in [0.15, 0.2) is 21.1 Å². The molecule has 2 aliphatic rings. The van der Waals surface area contributed by atoms with E-state index in [0.29, 0.717) is 4.24 Å². The average Bonchev–Trinajstić information content (AvgIpc) is 2.53. The zero-order valence-corrected chi connectivity index (χ0v) is 14.4. The summed E-state index contributed by atoms with van der Waals surface area (Å²) in [6.45, 7) is 5.69. The number of carboxylic acid groups (broad SMARTS) is 1. The first-order valence-corrected chi connectivity index (χ1v) is 7.11. The Balaban J connectivity index is 0.00000162. The zero-order chi connectivity index (χ0) is 12.7. The molecule has 4 nitrogen and oxygen atoms in total. The molecule has 2 aliphatic heterocycles. The van der Waals surface area contributed by atoms with Crippen molar-refractivity contribution in [1.82, 2.24) is 4.90 Å². The predicted octanol–water partition coefficient (Wildman–Crippen LogP) is -2.09. The molecule has 1 fully saturated rings. The SMILES string of the molecule is CCSC1=C(C(=O)[O-])N2C(=O)C(=C(C)C)C2S1.[Na+]. The number of thioether (sulfide) groups is 2. The van der Waals surface area contributed by atoms with Crippen molar-refractivity contribution in [3.05, 3.63) is 21.1 Å². The van der Waals surface area contributed by atoms with E-state index < -0.39 is 5.97 Å². The Bertz CT molecular complexity index is 469. The number of carbonyl (C=O) groups is 2. The molecule has 0 aromatic rings. The van der Waals surface area contributed by atoms with Gasteiger partial charge in [0.15, 0.2) is 0 Å². The molecule has 92 valence electrons. The summed E-state index contributed by atoms with van der Waals surface area (Å²) >= 11 is 2.87. The van der Waals surface area contributed by atoms with Crippen molar-refractivity contribution in [2.75, 3.05) is 5.75 Å². The Hall–Kier alpha value is 0.120. The second-order valence-corrected chi connectivity index (χ2v) is 6.54. The minimum Gasteiger partial charge on any atom is -0.543 e. The summed E-state index contributed by atoms with van der Waals surface area (Å²) in [6, 6.07) is 0. The first kappa shape index (κ1) is 16.2. The average molecular weight is 293 g/mol. The Kier molecular flexibility index (Phi) is 5.44. The van der Waals surface area contributed by atoms with E-state index in [1.54, 1.807) is 0 Å². The summed E-state index contributed by atoms with van der Waals surface area (Å²) in [6.07, 6.45) is 0. The van der Waals surface area contributed by atoms with Crippen molar-refractivity contribution < 1.29 is 44.3 Å². The molecule has 0 aromatic heterocycles. The maximum Gasteiger partial charge on any atom is 1.00 e. The maximum absolute atomic E-state index is 11.9. The van der Waals surface area contributed by atoms with Gasteiger partial charge in [-0.3, -0.25) is 9.69 Å². The molecule has 1 unspecified atom stereocenters. The topological polar surface area (TPSA) is 60.4 Å². The van der Waals surface area contributed by atoms with Crippen molar-refractivity contribution in [1.29, 1.82) is 0 Å². The van der Waals surface area contributed by atoms with E-state index >= 15 is 0 Å². The van der Waals surface area contributed by atoms with Gasteiger partial charge in [0.1, 0.15) is 5.37 Å². The van der Waals surface area contributed by atoms with Gasteiger partial charge in [0.05, 0.1) is 15.9 Å². The minimum absolute atomic E-state index is 0. The van der Waals surface area contributed by atoms with Gasteiger partial charge < -0.3 is 9.90 Å². The number of carboxylic acids is 1. The molecule has 0 saturated carbocycles. The van der Waals surface area contributed by atoms with Crippen LogP contribution in [-0.2, 0) is 9.59 Å². The predicted molar refractivity (Wildman–Crippen MR) is 66.8 cm³/mol. The molecule has 0 N–H and O–H groups in total. The standard InChI is InChI=1S/C11H13NO3S2.Na/c1-4-16-11-7(10(14)15)12-8(13)6(5(2)3)9(12)17-11;/h9H,4H2,1-3H3,(H,14,15);/q;+1/p-1. The Morgan fingerprint density at radius 3 is 2.56 bits per heavy atom. The van der Waals surface area contributed by atoms with Crippen molar-refractivity contribution in [3.63, 3.8) is 0 Å². The molecule has 0 bridgehead atoms. The van der Waals surface area contributed by atoms with Crippen LogP contribution in [0.1, 0.15) is 20.8 Å². The van der Waals surface area contributed by atoms with Gasteiger partial charge >= 0.3 is 29.6 Å². The van der Waals surface area contributed by atoms with Gasteiger partial charge in [-0.15, -0.1) is 11.8 Å². The first-order chi connectivity index (χ1) is 7.99. The summed E-state index contributed by atoms with van der Waals surface area (Å²) in [7, 11) is 0. The summed E-state index contributed by atoms with van der Waals surface area (Å²) in [5.74, 6) is -0.691. The molecule has 0 spiro atoms. The Morgan fingerprint density at radius 1 is 1.50 bits per heavy atom. The summed E-state index contributed by atoms with van der Waals surface area (Å²) in [5.41, 5.74) is 1.71. The van der Waals surface area contributed by atoms with Crippen LogP contribution >= 0.6 is 23.5 Å². The molecule has 0 aliphatic carbocycles. The third-order valence-electron chi connectivity index (χ3n) is 2.59. The molecule has 1 atom stereocenters. The van der Waals surface area contributed by atoms with E-state index in [1.165, 1.54) is 28.4 Å². The second kappa shape index (κ2) is 6.05. The number of fused-ring (bicyclic) bond motifs is 1. The van der Waals surface area contributed by atoms with Crippen LogP contribution in [0.2, 0.25) is 0 Å². The molecular weight excluding hydrogens is 281 g/mol. The van der Waals surface area contributed by atoms with E-state index in [2.05, 4.69) is 0 Å². The fourth-order valence-corrected chi connectivity index (χ4v) is 4.60. The van der Waals surface area contributed by atoms with Crippen molar-refractivity contribution in [2.45, 2.75) is 26.1 Å². The molecule has 1 amide bonds. The third-order valence-corrected chi connectivity index (χ3v) is 5.05. The molecule has 2 heterocycles. The number of amides is 1. The second-order valence-electron chi connectivity index (χ2n) is 3.92. The summed E-state index contributed by atoms with van der Waals surface area (Å²) in [5, 5.41) is 10.9. The van der Waals surface area contributed by atoms with Crippen molar-refractivity contribution in [3.8, 4) is 0 Å². The molecule has 7 heteroatoms. The van der Waals surface area contributed by atoms with Gasteiger partial charge in [-0.2, -0.15) is 0 Å². The zero-order valence-electron chi connectivity index (χ0n) is 10.8. The van der Waals surface area contributed by atoms with Crippen LogP contribution in [0.3, 0.4) is 0 Å². The van der Waals surface area contributed by atoms with Gasteiger partial charge in [-0.05, 0) is 19.6 Å². The van der Waals surface area contributed by atoms with Gasteiger partial charge in [0.2, 0.25) is 0 Å². The van der Waals surface area contributed by atoms with Gasteiger partial charge in [0.25, 0.3) is 5.91 Å².